The highest BCUT2D eigenvalue weighted by Gasteiger charge is 2.25. The first kappa shape index (κ1) is 11.7. The zero-order valence-electron chi connectivity index (χ0n) is 10.1. The van der Waals surface area contributed by atoms with E-state index in [-0.39, 0.29) is 0 Å². The molecule has 2 heterocycles. The summed E-state index contributed by atoms with van der Waals surface area (Å²) in [5.41, 5.74) is 0.481. The molecule has 1 aromatic rings. The Bertz CT molecular complexity index is 289. The fraction of sp³-hybridized carbons (Fsp3) is 0.692. The van der Waals surface area contributed by atoms with Crippen molar-refractivity contribution in [2.45, 2.75) is 26.2 Å². The normalized spacial score (nSPS) is 19.8. The molecule has 0 bridgehead atoms. The van der Waals surface area contributed by atoms with Crippen molar-refractivity contribution in [1.29, 1.82) is 0 Å². The van der Waals surface area contributed by atoms with Crippen molar-refractivity contribution >= 4 is 0 Å². The van der Waals surface area contributed by atoms with Crippen molar-refractivity contribution in [1.82, 2.24) is 10.6 Å². The van der Waals surface area contributed by atoms with Crippen LogP contribution in [0.2, 0.25) is 0 Å². The quantitative estimate of drug-likeness (QED) is 0.746. The minimum atomic E-state index is 0.481. The van der Waals surface area contributed by atoms with Gasteiger partial charge in [-0.2, -0.15) is 0 Å². The van der Waals surface area contributed by atoms with E-state index in [4.69, 9.17) is 4.42 Å². The van der Waals surface area contributed by atoms with E-state index in [1.165, 1.54) is 12.8 Å². The minimum absolute atomic E-state index is 0.481. The van der Waals surface area contributed by atoms with Gasteiger partial charge < -0.3 is 15.1 Å². The summed E-state index contributed by atoms with van der Waals surface area (Å²) in [6, 6.07) is 3.98. The number of hydrogen-bond acceptors (Lipinski definition) is 3. The maximum Gasteiger partial charge on any atom is 0.105 e. The Morgan fingerprint density at radius 2 is 2.25 bits per heavy atom. The molecule has 16 heavy (non-hydrogen) atoms. The third kappa shape index (κ3) is 3.35. The van der Waals surface area contributed by atoms with Gasteiger partial charge in [-0.05, 0) is 43.5 Å². The largest absolute Gasteiger partial charge is 0.469 e. The van der Waals surface area contributed by atoms with Gasteiger partial charge in [-0.15, -0.1) is 0 Å². The van der Waals surface area contributed by atoms with Crippen molar-refractivity contribution in [3.05, 3.63) is 24.2 Å². The van der Waals surface area contributed by atoms with Crippen molar-refractivity contribution in [2.24, 2.45) is 5.41 Å². The fourth-order valence-electron chi connectivity index (χ4n) is 2.26. The van der Waals surface area contributed by atoms with Crippen LogP contribution in [-0.4, -0.2) is 26.2 Å². The van der Waals surface area contributed by atoms with Gasteiger partial charge in [-0.25, -0.2) is 0 Å². The van der Waals surface area contributed by atoms with Crippen LogP contribution in [0.5, 0.6) is 0 Å². The van der Waals surface area contributed by atoms with Crippen LogP contribution in [-0.2, 0) is 6.42 Å². The molecule has 1 fully saturated rings. The van der Waals surface area contributed by atoms with Crippen LogP contribution in [0.25, 0.3) is 0 Å². The van der Waals surface area contributed by atoms with Crippen molar-refractivity contribution in [3.63, 3.8) is 0 Å². The first-order chi connectivity index (χ1) is 7.79. The molecule has 1 aliphatic heterocycles. The molecule has 0 aliphatic carbocycles. The predicted octanol–water partition coefficient (Wildman–Crippen LogP) is 1.80. The van der Waals surface area contributed by atoms with E-state index < -0.39 is 0 Å². The maximum atomic E-state index is 5.30. The molecule has 0 saturated carbocycles. The van der Waals surface area contributed by atoms with Gasteiger partial charge in [0.1, 0.15) is 5.76 Å². The molecular weight excluding hydrogens is 200 g/mol. The lowest BCUT2D eigenvalue weighted by molar-refractivity contribution is 0.221. The van der Waals surface area contributed by atoms with Gasteiger partial charge in [0.25, 0.3) is 0 Å². The topological polar surface area (TPSA) is 37.2 Å². The lowest BCUT2D eigenvalue weighted by Crippen LogP contribution is -2.41. The molecular formula is C13H22N2O. The zero-order chi connectivity index (χ0) is 11.3. The molecule has 0 radical (unpaired) electrons. The van der Waals surface area contributed by atoms with Crippen LogP contribution >= 0.6 is 0 Å². The van der Waals surface area contributed by atoms with Gasteiger partial charge >= 0.3 is 0 Å². The van der Waals surface area contributed by atoms with E-state index in [1.54, 1.807) is 6.26 Å². The monoisotopic (exact) mass is 222 g/mol. The van der Waals surface area contributed by atoms with E-state index in [2.05, 4.69) is 17.6 Å². The molecule has 0 unspecified atom stereocenters. The first-order valence-electron chi connectivity index (χ1n) is 6.22. The van der Waals surface area contributed by atoms with E-state index in [9.17, 15) is 0 Å². The average Bonchev–Trinajstić information content (AvgIpc) is 2.78. The summed E-state index contributed by atoms with van der Waals surface area (Å²) in [6.45, 7) is 6.84. The zero-order valence-corrected chi connectivity index (χ0v) is 10.1. The maximum absolute atomic E-state index is 5.30. The Kier molecular flexibility index (Phi) is 4.02. The third-order valence-electron chi connectivity index (χ3n) is 3.49. The molecule has 0 spiro atoms. The molecule has 0 atom stereocenters. The number of rotatable bonds is 5. The molecule has 90 valence electrons. The molecule has 2 N–H and O–H groups in total. The van der Waals surface area contributed by atoms with Gasteiger partial charge in [0.05, 0.1) is 6.26 Å². The minimum Gasteiger partial charge on any atom is -0.469 e. The van der Waals surface area contributed by atoms with Gasteiger partial charge in [-0.1, -0.05) is 6.92 Å². The highest BCUT2D eigenvalue weighted by atomic mass is 16.3. The first-order valence-corrected chi connectivity index (χ1v) is 6.22. The summed E-state index contributed by atoms with van der Waals surface area (Å²) in [6.07, 6.45) is 5.28. The Hall–Kier alpha value is -0.800. The Morgan fingerprint density at radius 3 is 2.94 bits per heavy atom. The van der Waals surface area contributed by atoms with Crippen molar-refractivity contribution in [3.8, 4) is 0 Å². The van der Waals surface area contributed by atoms with Gasteiger partial charge in [-0.3, -0.25) is 0 Å². The summed E-state index contributed by atoms with van der Waals surface area (Å²) in [5, 5.41) is 6.96. The van der Waals surface area contributed by atoms with E-state index >= 15 is 0 Å². The molecule has 3 heteroatoms. The van der Waals surface area contributed by atoms with Gasteiger partial charge in [0, 0.05) is 19.5 Å². The van der Waals surface area contributed by atoms with E-state index in [0.717, 1.165) is 38.4 Å². The van der Waals surface area contributed by atoms with E-state index in [1.807, 2.05) is 12.1 Å². The predicted molar refractivity (Wildman–Crippen MR) is 65.5 cm³/mol. The number of nitrogens with one attached hydrogen (secondary N) is 2. The number of furan rings is 1. The van der Waals surface area contributed by atoms with Crippen LogP contribution in [0.15, 0.2) is 22.8 Å². The Morgan fingerprint density at radius 1 is 1.44 bits per heavy atom. The number of piperidine rings is 1. The van der Waals surface area contributed by atoms with Gasteiger partial charge in [0.2, 0.25) is 0 Å². The highest BCUT2D eigenvalue weighted by Crippen LogP contribution is 2.26. The second kappa shape index (κ2) is 5.51. The highest BCUT2D eigenvalue weighted by molar-refractivity contribution is 4.98. The average molecular weight is 222 g/mol. The second-order valence-electron chi connectivity index (χ2n) is 5.07. The lowest BCUT2D eigenvalue weighted by atomic mass is 9.81. The third-order valence-corrected chi connectivity index (χ3v) is 3.49. The standard InChI is InChI=1S/C13H22N2O/c1-13(5-8-14-9-6-13)11-15-7-4-12-3-2-10-16-12/h2-3,10,14-15H,4-9,11H2,1H3. The molecule has 1 saturated heterocycles. The fourth-order valence-corrected chi connectivity index (χ4v) is 2.26. The molecule has 1 aromatic heterocycles. The molecule has 3 nitrogen and oxygen atoms in total. The van der Waals surface area contributed by atoms with Crippen LogP contribution in [0.1, 0.15) is 25.5 Å². The summed E-state index contributed by atoms with van der Waals surface area (Å²) in [4.78, 5) is 0. The van der Waals surface area contributed by atoms with Gasteiger partial charge in [0.15, 0.2) is 0 Å². The van der Waals surface area contributed by atoms with Crippen LogP contribution in [0.3, 0.4) is 0 Å². The second-order valence-corrected chi connectivity index (χ2v) is 5.07. The number of hydrogen-bond donors (Lipinski definition) is 2. The molecule has 2 rings (SSSR count). The van der Waals surface area contributed by atoms with Crippen molar-refractivity contribution in [2.75, 3.05) is 26.2 Å². The molecule has 1 aliphatic rings. The Balaban J connectivity index is 1.63. The summed E-state index contributed by atoms with van der Waals surface area (Å²) in [7, 11) is 0. The summed E-state index contributed by atoms with van der Waals surface area (Å²) in [5.74, 6) is 1.07. The molecule has 0 aromatic carbocycles. The molecule has 0 amide bonds. The van der Waals surface area contributed by atoms with E-state index in [0.29, 0.717) is 5.41 Å². The SMILES string of the molecule is CC1(CNCCc2ccco2)CCNCC1. The summed E-state index contributed by atoms with van der Waals surface area (Å²) >= 11 is 0. The lowest BCUT2D eigenvalue weighted by Gasteiger charge is -2.34. The van der Waals surface area contributed by atoms with Crippen LogP contribution in [0, 0.1) is 5.41 Å². The Labute approximate surface area is 97.6 Å². The van der Waals surface area contributed by atoms with Crippen LogP contribution in [0.4, 0.5) is 0 Å². The summed E-state index contributed by atoms with van der Waals surface area (Å²) < 4.78 is 5.30. The smallest absolute Gasteiger partial charge is 0.105 e. The van der Waals surface area contributed by atoms with Crippen molar-refractivity contribution < 1.29 is 4.42 Å². The van der Waals surface area contributed by atoms with Crippen LogP contribution < -0.4 is 10.6 Å².